The van der Waals surface area contributed by atoms with Gasteiger partial charge in [-0.2, -0.15) is 5.10 Å². The van der Waals surface area contributed by atoms with E-state index in [-0.39, 0.29) is 5.91 Å². The first-order valence-electron chi connectivity index (χ1n) is 10.3. The summed E-state index contributed by atoms with van der Waals surface area (Å²) in [6.45, 7) is 9.97. The van der Waals surface area contributed by atoms with Crippen LogP contribution in [0.1, 0.15) is 47.1 Å². The van der Waals surface area contributed by atoms with Gasteiger partial charge in [0, 0.05) is 12.2 Å². The molecule has 1 N–H and O–H groups in total. The third-order valence-electron chi connectivity index (χ3n) is 4.60. The van der Waals surface area contributed by atoms with Crippen LogP contribution in [0.25, 0.3) is 0 Å². The lowest BCUT2D eigenvalue weighted by atomic mass is 10.1. The van der Waals surface area contributed by atoms with Crippen LogP contribution < -0.4 is 14.8 Å². The molecular weight excluding hydrogens is 382 g/mol. The molecule has 0 saturated heterocycles. The number of furan rings is 1. The van der Waals surface area contributed by atoms with Gasteiger partial charge >= 0.3 is 0 Å². The molecule has 7 heteroatoms. The molecule has 160 valence electrons. The first-order valence-corrected chi connectivity index (χ1v) is 10.3. The van der Waals surface area contributed by atoms with Crippen molar-refractivity contribution in [2.75, 3.05) is 19.8 Å². The second-order valence-corrected chi connectivity index (χ2v) is 7.00. The Hall–Kier alpha value is -3.22. The Bertz CT molecular complexity index is 990. The fourth-order valence-electron chi connectivity index (χ4n) is 3.23. The van der Waals surface area contributed by atoms with Crippen molar-refractivity contribution in [1.82, 2.24) is 15.1 Å². The average Bonchev–Trinajstić information content (AvgIpc) is 3.30. The number of nitrogens with one attached hydrogen (secondary N) is 1. The highest BCUT2D eigenvalue weighted by Crippen LogP contribution is 2.28. The number of hydrogen-bond acceptors (Lipinski definition) is 5. The summed E-state index contributed by atoms with van der Waals surface area (Å²) in [4.78, 5) is 12.4. The zero-order valence-corrected chi connectivity index (χ0v) is 18.0. The normalized spacial score (nSPS) is 10.8. The number of benzene rings is 1. The number of aryl methyl sites for hydroxylation is 2. The maximum absolute atomic E-state index is 12.4. The standard InChI is InChI=1S/C23H29N3O4/c1-5-28-20-9-7-18(14-22(20)29-6-2)11-12-24-23(27)21-10-8-19(30-21)15-26-17(4)13-16(3)25-26/h7-10,13-14H,5-6,11-12,15H2,1-4H3,(H,24,27). The van der Waals surface area contributed by atoms with Crippen molar-refractivity contribution in [2.24, 2.45) is 0 Å². The molecule has 0 aliphatic rings. The summed E-state index contributed by atoms with van der Waals surface area (Å²) in [5, 5.41) is 7.32. The molecule has 0 aliphatic carbocycles. The highest BCUT2D eigenvalue weighted by atomic mass is 16.5. The summed E-state index contributed by atoms with van der Waals surface area (Å²) in [6, 6.07) is 11.4. The molecule has 1 amide bonds. The molecular formula is C23H29N3O4. The van der Waals surface area contributed by atoms with Crippen molar-refractivity contribution in [1.29, 1.82) is 0 Å². The predicted octanol–water partition coefficient (Wildman–Crippen LogP) is 3.91. The van der Waals surface area contributed by atoms with Crippen molar-refractivity contribution in [3.8, 4) is 11.5 Å². The van der Waals surface area contributed by atoms with E-state index in [4.69, 9.17) is 13.9 Å². The van der Waals surface area contributed by atoms with E-state index in [0.717, 1.165) is 28.5 Å². The monoisotopic (exact) mass is 411 g/mol. The molecule has 0 spiro atoms. The quantitative estimate of drug-likeness (QED) is 0.547. The van der Waals surface area contributed by atoms with Crippen LogP contribution in [0.3, 0.4) is 0 Å². The molecule has 30 heavy (non-hydrogen) atoms. The van der Waals surface area contributed by atoms with E-state index < -0.39 is 0 Å². The zero-order chi connectivity index (χ0) is 21.5. The van der Waals surface area contributed by atoms with Crippen LogP contribution in [0.15, 0.2) is 40.8 Å². The van der Waals surface area contributed by atoms with Crippen molar-refractivity contribution >= 4 is 5.91 Å². The molecule has 0 unspecified atom stereocenters. The lowest BCUT2D eigenvalue weighted by Crippen LogP contribution is -2.25. The van der Waals surface area contributed by atoms with Crippen molar-refractivity contribution in [3.05, 3.63) is 64.9 Å². The van der Waals surface area contributed by atoms with E-state index >= 15 is 0 Å². The van der Waals surface area contributed by atoms with Crippen LogP contribution >= 0.6 is 0 Å². The minimum atomic E-state index is -0.231. The Morgan fingerprint density at radius 1 is 1.07 bits per heavy atom. The number of nitrogens with zero attached hydrogens (tertiary/aromatic N) is 2. The second kappa shape index (κ2) is 10.0. The Morgan fingerprint density at radius 3 is 2.53 bits per heavy atom. The number of rotatable bonds is 10. The van der Waals surface area contributed by atoms with Crippen LogP contribution in [0, 0.1) is 13.8 Å². The van der Waals surface area contributed by atoms with Crippen LogP contribution in [0.4, 0.5) is 0 Å². The maximum Gasteiger partial charge on any atom is 0.287 e. The van der Waals surface area contributed by atoms with Gasteiger partial charge in [0.05, 0.1) is 25.5 Å². The number of hydrogen-bond donors (Lipinski definition) is 1. The predicted molar refractivity (Wildman–Crippen MR) is 114 cm³/mol. The summed E-state index contributed by atoms with van der Waals surface area (Å²) in [6.07, 6.45) is 0.678. The molecule has 1 aromatic carbocycles. The number of amides is 1. The number of aromatic nitrogens is 2. The Kier molecular flexibility index (Phi) is 7.17. The van der Waals surface area contributed by atoms with E-state index in [0.29, 0.717) is 44.2 Å². The third kappa shape index (κ3) is 5.43. The fourth-order valence-corrected chi connectivity index (χ4v) is 3.23. The van der Waals surface area contributed by atoms with Gasteiger partial charge in [-0.3, -0.25) is 9.48 Å². The Morgan fingerprint density at radius 2 is 1.83 bits per heavy atom. The van der Waals surface area contributed by atoms with Gasteiger partial charge in [-0.05, 0) is 70.0 Å². The van der Waals surface area contributed by atoms with Gasteiger partial charge in [0.2, 0.25) is 0 Å². The van der Waals surface area contributed by atoms with Crippen molar-refractivity contribution in [2.45, 2.75) is 40.7 Å². The number of ether oxygens (including phenoxy) is 2. The van der Waals surface area contributed by atoms with Crippen LogP contribution in [-0.4, -0.2) is 35.4 Å². The molecule has 2 heterocycles. The van der Waals surface area contributed by atoms with E-state index in [1.807, 2.05) is 62.7 Å². The van der Waals surface area contributed by atoms with Crippen molar-refractivity contribution in [3.63, 3.8) is 0 Å². The van der Waals surface area contributed by atoms with Crippen LogP contribution in [-0.2, 0) is 13.0 Å². The molecule has 0 saturated carbocycles. The first-order chi connectivity index (χ1) is 14.5. The Balaban J connectivity index is 1.54. The van der Waals surface area contributed by atoms with E-state index in [9.17, 15) is 4.79 Å². The summed E-state index contributed by atoms with van der Waals surface area (Å²) in [5.41, 5.74) is 3.07. The average molecular weight is 412 g/mol. The molecule has 0 aliphatic heterocycles. The summed E-state index contributed by atoms with van der Waals surface area (Å²) < 4.78 is 18.8. The van der Waals surface area contributed by atoms with Gasteiger partial charge in [-0.1, -0.05) is 6.07 Å². The number of carbonyl (C=O) groups excluding carboxylic acids is 1. The highest BCUT2D eigenvalue weighted by molar-refractivity contribution is 5.91. The molecule has 0 radical (unpaired) electrons. The van der Waals surface area contributed by atoms with E-state index in [1.165, 1.54) is 0 Å². The van der Waals surface area contributed by atoms with Crippen molar-refractivity contribution < 1.29 is 18.7 Å². The second-order valence-electron chi connectivity index (χ2n) is 7.00. The van der Waals surface area contributed by atoms with Gasteiger partial charge in [-0.15, -0.1) is 0 Å². The van der Waals surface area contributed by atoms with E-state index in [1.54, 1.807) is 6.07 Å². The SMILES string of the molecule is CCOc1ccc(CCNC(=O)c2ccc(Cn3nc(C)cc3C)o2)cc1OCC. The Labute approximate surface area is 177 Å². The van der Waals surface area contributed by atoms with Gasteiger partial charge in [0.15, 0.2) is 17.3 Å². The molecule has 0 bridgehead atoms. The molecule has 7 nitrogen and oxygen atoms in total. The van der Waals surface area contributed by atoms with Gasteiger partial charge in [0.25, 0.3) is 5.91 Å². The molecule has 3 aromatic rings. The first kappa shape index (κ1) is 21.5. The minimum Gasteiger partial charge on any atom is -0.490 e. The molecule has 2 aromatic heterocycles. The molecule has 0 fully saturated rings. The maximum atomic E-state index is 12.4. The third-order valence-corrected chi connectivity index (χ3v) is 4.60. The fraction of sp³-hybridized carbons (Fsp3) is 0.391. The smallest absolute Gasteiger partial charge is 0.287 e. The van der Waals surface area contributed by atoms with Crippen LogP contribution in [0.2, 0.25) is 0 Å². The topological polar surface area (TPSA) is 78.5 Å². The van der Waals surface area contributed by atoms with Gasteiger partial charge in [-0.25, -0.2) is 0 Å². The molecule has 0 atom stereocenters. The van der Waals surface area contributed by atoms with Crippen LogP contribution in [0.5, 0.6) is 11.5 Å². The highest BCUT2D eigenvalue weighted by Gasteiger charge is 2.13. The zero-order valence-electron chi connectivity index (χ0n) is 18.0. The van der Waals surface area contributed by atoms with E-state index in [2.05, 4.69) is 10.4 Å². The van der Waals surface area contributed by atoms with Gasteiger partial charge < -0.3 is 19.2 Å². The summed E-state index contributed by atoms with van der Waals surface area (Å²) in [5.74, 6) is 2.22. The number of carbonyl (C=O) groups is 1. The summed E-state index contributed by atoms with van der Waals surface area (Å²) >= 11 is 0. The van der Waals surface area contributed by atoms with Gasteiger partial charge in [0.1, 0.15) is 5.76 Å². The lowest BCUT2D eigenvalue weighted by Gasteiger charge is -2.12. The summed E-state index contributed by atoms with van der Waals surface area (Å²) in [7, 11) is 0. The molecule has 3 rings (SSSR count). The largest absolute Gasteiger partial charge is 0.490 e. The lowest BCUT2D eigenvalue weighted by molar-refractivity contribution is 0.0924. The minimum absolute atomic E-state index is 0.231.